The lowest BCUT2D eigenvalue weighted by Gasteiger charge is -2.10. The summed E-state index contributed by atoms with van der Waals surface area (Å²) in [5, 5.41) is 3.01. The predicted octanol–water partition coefficient (Wildman–Crippen LogP) is 0.659. The van der Waals surface area contributed by atoms with E-state index in [9.17, 15) is 8.42 Å². The van der Waals surface area contributed by atoms with E-state index in [0.29, 0.717) is 12.5 Å². The Balaban J connectivity index is 2.12. The number of sulfonamides is 1. The summed E-state index contributed by atoms with van der Waals surface area (Å²) in [6, 6.07) is 0. The summed E-state index contributed by atoms with van der Waals surface area (Å²) in [5.74, 6) is 3.07. The van der Waals surface area contributed by atoms with Crippen LogP contribution >= 0.6 is 11.8 Å². The minimum atomic E-state index is -3.04. The van der Waals surface area contributed by atoms with Gasteiger partial charge in [0.2, 0.25) is 10.0 Å². The number of thioether (sulfide) groups is 1. The van der Waals surface area contributed by atoms with Gasteiger partial charge in [0.1, 0.15) is 0 Å². The third-order valence-corrected chi connectivity index (χ3v) is 5.37. The Morgan fingerprint density at radius 3 is 2.81 bits per heavy atom. The second kappa shape index (κ2) is 7.53. The number of unbranched alkanes of at least 4 members (excludes halogenated alkanes) is 1. The van der Waals surface area contributed by atoms with Crippen molar-refractivity contribution in [1.82, 2.24) is 10.0 Å². The van der Waals surface area contributed by atoms with Crippen LogP contribution in [0.3, 0.4) is 0 Å². The molecule has 1 rings (SSSR count). The van der Waals surface area contributed by atoms with Crippen LogP contribution in [-0.4, -0.2) is 45.8 Å². The molecule has 0 aromatic rings. The normalized spacial score (nSPS) is 21.4. The van der Waals surface area contributed by atoms with E-state index >= 15 is 0 Å². The van der Waals surface area contributed by atoms with Crippen LogP contribution in [0, 0.1) is 5.92 Å². The highest BCUT2D eigenvalue weighted by Crippen LogP contribution is 2.22. The zero-order chi connectivity index (χ0) is 11.9. The molecule has 0 aromatic carbocycles. The highest BCUT2D eigenvalue weighted by Gasteiger charge is 2.18. The van der Waals surface area contributed by atoms with Crippen LogP contribution in [0.1, 0.15) is 19.3 Å². The van der Waals surface area contributed by atoms with Gasteiger partial charge in [0.15, 0.2) is 0 Å². The fourth-order valence-corrected chi connectivity index (χ4v) is 4.16. The highest BCUT2D eigenvalue weighted by atomic mass is 32.2. The molecule has 6 heteroatoms. The Hall–Kier alpha value is 0.220. The van der Waals surface area contributed by atoms with Crippen LogP contribution in [0.5, 0.6) is 0 Å². The van der Waals surface area contributed by atoms with E-state index in [2.05, 4.69) is 10.0 Å². The van der Waals surface area contributed by atoms with Crippen molar-refractivity contribution < 1.29 is 8.42 Å². The molecule has 0 aromatic heterocycles. The summed E-state index contributed by atoms with van der Waals surface area (Å²) in [6.45, 7) is 1.51. The van der Waals surface area contributed by atoms with E-state index in [-0.39, 0.29) is 5.75 Å². The van der Waals surface area contributed by atoms with Gasteiger partial charge in [-0.3, -0.25) is 0 Å². The van der Waals surface area contributed by atoms with E-state index in [1.165, 1.54) is 5.75 Å². The van der Waals surface area contributed by atoms with Crippen LogP contribution in [0.2, 0.25) is 0 Å². The van der Waals surface area contributed by atoms with Gasteiger partial charge in [-0.25, -0.2) is 13.1 Å². The molecule has 4 nitrogen and oxygen atoms in total. The Bertz CT molecular complexity index is 275. The smallest absolute Gasteiger partial charge is 0.211 e. The maximum atomic E-state index is 11.6. The highest BCUT2D eigenvalue weighted by molar-refractivity contribution is 7.99. The number of hydrogen-bond donors (Lipinski definition) is 2. The van der Waals surface area contributed by atoms with Crippen molar-refractivity contribution in [2.75, 3.05) is 37.4 Å². The fourth-order valence-electron chi connectivity index (χ4n) is 1.66. The van der Waals surface area contributed by atoms with Crippen molar-refractivity contribution in [3.05, 3.63) is 0 Å². The monoisotopic (exact) mass is 266 g/mol. The number of nitrogens with one attached hydrogen (secondary N) is 2. The molecule has 0 amide bonds. The summed E-state index contributed by atoms with van der Waals surface area (Å²) in [4.78, 5) is 0. The Morgan fingerprint density at radius 1 is 1.38 bits per heavy atom. The standard InChI is InChI=1S/C10H22N2O2S2/c1-11-5-2-3-7-16(13,14)12-8-10-4-6-15-9-10/h10-12H,2-9H2,1H3. The molecule has 1 fully saturated rings. The summed E-state index contributed by atoms with van der Waals surface area (Å²) in [7, 11) is -1.16. The number of hydrogen-bond acceptors (Lipinski definition) is 4. The average molecular weight is 266 g/mol. The first-order chi connectivity index (χ1) is 7.64. The van der Waals surface area contributed by atoms with Gasteiger partial charge in [-0.1, -0.05) is 0 Å². The van der Waals surface area contributed by atoms with E-state index in [1.54, 1.807) is 0 Å². The maximum Gasteiger partial charge on any atom is 0.211 e. The Kier molecular flexibility index (Phi) is 6.72. The Morgan fingerprint density at radius 2 is 2.19 bits per heavy atom. The quantitative estimate of drug-likeness (QED) is 0.634. The van der Waals surface area contributed by atoms with Gasteiger partial charge in [-0.05, 0) is 50.3 Å². The SMILES string of the molecule is CNCCCCS(=O)(=O)NCC1CCSC1. The molecule has 0 bridgehead atoms. The van der Waals surface area contributed by atoms with Crippen molar-refractivity contribution in [3.8, 4) is 0 Å². The third-order valence-electron chi connectivity index (χ3n) is 2.71. The summed E-state index contributed by atoms with van der Waals surface area (Å²) < 4.78 is 25.9. The zero-order valence-corrected chi connectivity index (χ0v) is 11.5. The van der Waals surface area contributed by atoms with E-state index in [0.717, 1.165) is 31.6 Å². The molecule has 1 atom stereocenters. The average Bonchev–Trinajstić information content (AvgIpc) is 2.75. The van der Waals surface area contributed by atoms with Crippen LogP contribution < -0.4 is 10.0 Å². The van der Waals surface area contributed by atoms with Gasteiger partial charge in [0, 0.05) is 6.54 Å². The maximum absolute atomic E-state index is 11.6. The molecule has 96 valence electrons. The summed E-state index contributed by atoms with van der Waals surface area (Å²) >= 11 is 1.91. The Labute approximate surface area is 103 Å². The minimum absolute atomic E-state index is 0.258. The zero-order valence-electron chi connectivity index (χ0n) is 9.87. The largest absolute Gasteiger partial charge is 0.320 e. The van der Waals surface area contributed by atoms with E-state index in [1.807, 2.05) is 18.8 Å². The number of rotatable bonds is 8. The van der Waals surface area contributed by atoms with Gasteiger partial charge in [-0.15, -0.1) is 0 Å². The topological polar surface area (TPSA) is 58.2 Å². The fraction of sp³-hybridized carbons (Fsp3) is 1.00. The predicted molar refractivity (Wildman–Crippen MR) is 70.4 cm³/mol. The first-order valence-corrected chi connectivity index (χ1v) is 8.64. The lowest BCUT2D eigenvalue weighted by atomic mass is 10.1. The van der Waals surface area contributed by atoms with Crippen molar-refractivity contribution >= 4 is 21.8 Å². The van der Waals surface area contributed by atoms with Crippen molar-refractivity contribution in [2.45, 2.75) is 19.3 Å². The molecular weight excluding hydrogens is 244 g/mol. The van der Waals surface area contributed by atoms with Crippen molar-refractivity contribution in [3.63, 3.8) is 0 Å². The van der Waals surface area contributed by atoms with Crippen LogP contribution in [-0.2, 0) is 10.0 Å². The second-order valence-corrected chi connectivity index (χ2v) is 7.28. The first kappa shape index (κ1) is 14.3. The van der Waals surface area contributed by atoms with Crippen molar-refractivity contribution in [1.29, 1.82) is 0 Å². The third kappa shape index (κ3) is 6.08. The molecule has 0 aliphatic carbocycles. The molecule has 1 aliphatic rings. The van der Waals surface area contributed by atoms with Crippen LogP contribution in [0.4, 0.5) is 0 Å². The van der Waals surface area contributed by atoms with Gasteiger partial charge in [0.25, 0.3) is 0 Å². The van der Waals surface area contributed by atoms with Gasteiger partial charge in [-0.2, -0.15) is 11.8 Å². The molecular formula is C10H22N2O2S2. The molecule has 1 heterocycles. The van der Waals surface area contributed by atoms with Crippen LogP contribution in [0.25, 0.3) is 0 Å². The van der Waals surface area contributed by atoms with Gasteiger partial charge >= 0.3 is 0 Å². The van der Waals surface area contributed by atoms with E-state index < -0.39 is 10.0 Å². The lowest BCUT2D eigenvalue weighted by Crippen LogP contribution is -2.31. The minimum Gasteiger partial charge on any atom is -0.320 e. The second-order valence-electron chi connectivity index (χ2n) is 4.21. The summed E-state index contributed by atoms with van der Waals surface area (Å²) in [6.07, 6.45) is 2.79. The lowest BCUT2D eigenvalue weighted by molar-refractivity contribution is 0.543. The molecule has 0 saturated carbocycles. The molecule has 1 unspecified atom stereocenters. The summed E-state index contributed by atoms with van der Waals surface area (Å²) in [5.41, 5.74) is 0. The molecule has 1 aliphatic heterocycles. The van der Waals surface area contributed by atoms with Gasteiger partial charge < -0.3 is 5.32 Å². The molecule has 1 saturated heterocycles. The molecule has 16 heavy (non-hydrogen) atoms. The van der Waals surface area contributed by atoms with E-state index in [4.69, 9.17) is 0 Å². The van der Waals surface area contributed by atoms with Crippen molar-refractivity contribution in [2.24, 2.45) is 5.92 Å². The van der Waals surface area contributed by atoms with Crippen LogP contribution in [0.15, 0.2) is 0 Å². The van der Waals surface area contributed by atoms with Gasteiger partial charge in [0.05, 0.1) is 5.75 Å². The molecule has 2 N–H and O–H groups in total. The first-order valence-electron chi connectivity index (χ1n) is 5.84. The molecule has 0 radical (unpaired) electrons. The molecule has 0 spiro atoms.